The van der Waals surface area contributed by atoms with Gasteiger partial charge in [0.1, 0.15) is 18.5 Å². The summed E-state index contributed by atoms with van der Waals surface area (Å²) in [5.74, 6) is 1.57. The van der Waals surface area contributed by atoms with Crippen molar-refractivity contribution in [2.75, 3.05) is 19.7 Å². The van der Waals surface area contributed by atoms with Crippen molar-refractivity contribution in [1.29, 1.82) is 5.26 Å². The maximum atomic E-state index is 9.96. The molecule has 1 unspecified atom stereocenters. The number of ether oxygens (including phenoxy) is 1. The van der Waals surface area contributed by atoms with Gasteiger partial charge in [0.25, 0.3) is 0 Å². The Hall–Kier alpha value is -1.57. The van der Waals surface area contributed by atoms with E-state index >= 15 is 0 Å². The number of rotatable bonds is 8. The van der Waals surface area contributed by atoms with Crippen molar-refractivity contribution in [3.63, 3.8) is 0 Å². The second-order valence-electron chi connectivity index (χ2n) is 6.37. The Morgan fingerprint density at radius 1 is 1.43 bits per heavy atom. The summed E-state index contributed by atoms with van der Waals surface area (Å²) in [5.41, 5.74) is 1.13. The number of nitrogens with one attached hydrogen (secondary N) is 1. The first-order valence-electron chi connectivity index (χ1n) is 7.74. The zero-order chi connectivity index (χ0) is 14.7. The maximum absolute atomic E-state index is 9.96. The highest BCUT2D eigenvalue weighted by molar-refractivity contribution is 5.36. The minimum atomic E-state index is -0.522. The van der Waals surface area contributed by atoms with Crippen LogP contribution in [0, 0.1) is 22.7 Å². The highest BCUT2D eigenvalue weighted by atomic mass is 16.5. The summed E-state index contributed by atoms with van der Waals surface area (Å²) in [5, 5.41) is 22.2. The molecule has 0 amide bonds. The van der Waals surface area contributed by atoms with E-state index in [4.69, 9.17) is 10.00 Å². The van der Waals surface area contributed by atoms with Crippen molar-refractivity contribution < 1.29 is 9.84 Å². The van der Waals surface area contributed by atoms with Gasteiger partial charge in [0.2, 0.25) is 0 Å². The second kappa shape index (κ2) is 6.05. The Labute approximate surface area is 125 Å². The zero-order valence-corrected chi connectivity index (χ0v) is 12.2. The van der Waals surface area contributed by atoms with Crippen LogP contribution in [-0.4, -0.2) is 30.9 Å². The predicted octanol–water partition coefficient (Wildman–Crippen LogP) is 2.08. The average molecular weight is 286 g/mol. The Morgan fingerprint density at radius 3 is 2.90 bits per heavy atom. The van der Waals surface area contributed by atoms with Gasteiger partial charge in [-0.2, -0.15) is 5.26 Å². The van der Waals surface area contributed by atoms with Gasteiger partial charge >= 0.3 is 0 Å². The number of hydrogen-bond acceptors (Lipinski definition) is 4. The number of aliphatic hydroxyl groups excluding tert-OH is 1. The number of hydrogen-bond donors (Lipinski definition) is 2. The third-order valence-electron chi connectivity index (χ3n) is 4.60. The van der Waals surface area contributed by atoms with E-state index < -0.39 is 6.10 Å². The first-order chi connectivity index (χ1) is 10.2. The largest absolute Gasteiger partial charge is 0.491 e. The third kappa shape index (κ3) is 3.75. The molecule has 0 aliphatic heterocycles. The van der Waals surface area contributed by atoms with Gasteiger partial charge in [-0.3, -0.25) is 0 Å². The van der Waals surface area contributed by atoms with E-state index in [1.807, 2.05) is 0 Å². The summed E-state index contributed by atoms with van der Waals surface area (Å²) < 4.78 is 5.53. The van der Waals surface area contributed by atoms with Gasteiger partial charge in [-0.05, 0) is 55.2 Å². The lowest BCUT2D eigenvalue weighted by Gasteiger charge is -2.17. The van der Waals surface area contributed by atoms with Crippen molar-refractivity contribution in [3.05, 3.63) is 29.8 Å². The van der Waals surface area contributed by atoms with Gasteiger partial charge < -0.3 is 15.2 Å². The molecule has 2 aliphatic rings. The molecule has 21 heavy (non-hydrogen) atoms. The highest BCUT2D eigenvalue weighted by Crippen LogP contribution is 2.60. The van der Waals surface area contributed by atoms with Crippen LogP contribution < -0.4 is 10.1 Å². The molecule has 0 radical (unpaired) electrons. The van der Waals surface area contributed by atoms with Crippen LogP contribution in [0.25, 0.3) is 0 Å². The molecule has 0 aromatic heterocycles. The fourth-order valence-electron chi connectivity index (χ4n) is 2.98. The lowest BCUT2D eigenvalue weighted by atomic mass is 10.0. The third-order valence-corrected chi connectivity index (χ3v) is 4.60. The van der Waals surface area contributed by atoms with E-state index in [0.29, 0.717) is 23.3 Å². The molecule has 2 N–H and O–H groups in total. The predicted molar refractivity (Wildman–Crippen MR) is 79.9 cm³/mol. The van der Waals surface area contributed by atoms with Crippen molar-refractivity contribution >= 4 is 0 Å². The van der Waals surface area contributed by atoms with Crippen LogP contribution in [0.4, 0.5) is 0 Å². The minimum absolute atomic E-state index is 0.248. The van der Waals surface area contributed by atoms with Crippen LogP contribution in [0.2, 0.25) is 0 Å². The normalized spacial score (nSPS) is 20.6. The van der Waals surface area contributed by atoms with Crippen LogP contribution in [0.5, 0.6) is 5.75 Å². The van der Waals surface area contributed by atoms with Crippen LogP contribution in [-0.2, 0) is 0 Å². The maximum Gasteiger partial charge on any atom is 0.120 e. The van der Waals surface area contributed by atoms with E-state index in [1.54, 1.807) is 24.3 Å². The molecular weight excluding hydrogens is 264 g/mol. The highest BCUT2D eigenvalue weighted by Gasteiger charge is 2.53. The average Bonchev–Trinajstić information content (AvgIpc) is 3.37. The molecule has 112 valence electrons. The minimum Gasteiger partial charge on any atom is -0.491 e. The van der Waals surface area contributed by atoms with Gasteiger partial charge in [-0.1, -0.05) is 6.07 Å². The number of aliphatic hydroxyl groups is 1. The monoisotopic (exact) mass is 286 g/mol. The Bertz CT molecular complexity index is 530. The molecule has 4 heteroatoms. The molecule has 0 saturated heterocycles. The fraction of sp³-hybridized carbons (Fsp3) is 0.588. The SMILES string of the molecule is N#Cc1cccc(OCC(O)CNCC2(C3CC3)CC2)c1. The summed E-state index contributed by atoms with van der Waals surface area (Å²) in [4.78, 5) is 0. The summed E-state index contributed by atoms with van der Waals surface area (Å²) in [7, 11) is 0. The van der Waals surface area contributed by atoms with Gasteiger partial charge in [0, 0.05) is 13.1 Å². The molecular formula is C17H22N2O2. The number of nitriles is 1. The lowest BCUT2D eigenvalue weighted by molar-refractivity contribution is 0.104. The molecule has 3 rings (SSSR count). The molecule has 0 heterocycles. The molecule has 0 bridgehead atoms. The van der Waals surface area contributed by atoms with Crippen molar-refractivity contribution in [3.8, 4) is 11.8 Å². The number of nitrogens with zero attached hydrogens (tertiary/aromatic N) is 1. The Kier molecular flexibility index (Phi) is 4.14. The van der Waals surface area contributed by atoms with Gasteiger partial charge in [0.05, 0.1) is 11.6 Å². The summed E-state index contributed by atoms with van der Waals surface area (Å²) in [6.45, 7) is 1.84. The molecule has 4 nitrogen and oxygen atoms in total. The second-order valence-corrected chi connectivity index (χ2v) is 6.37. The van der Waals surface area contributed by atoms with Gasteiger partial charge in [0.15, 0.2) is 0 Å². The summed E-state index contributed by atoms with van der Waals surface area (Å²) >= 11 is 0. The Balaban J connectivity index is 1.36. The van der Waals surface area contributed by atoms with E-state index in [2.05, 4.69) is 11.4 Å². The van der Waals surface area contributed by atoms with Gasteiger partial charge in [-0.25, -0.2) is 0 Å². The van der Waals surface area contributed by atoms with Crippen molar-refractivity contribution in [2.45, 2.75) is 31.8 Å². The van der Waals surface area contributed by atoms with E-state index in [0.717, 1.165) is 12.5 Å². The summed E-state index contributed by atoms with van der Waals surface area (Å²) in [6.07, 6.45) is 4.95. The molecule has 1 atom stereocenters. The lowest BCUT2D eigenvalue weighted by Crippen LogP contribution is -2.35. The van der Waals surface area contributed by atoms with Crippen LogP contribution in [0.15, 0.2) is 24.3 Å². The topological polar surface area (TPSA) is 65.3 Å². The summed E-state index contributed by atoms with van der Waals surface area (Å²) in [6, 6.07) is 9.08. The van der Waals surface area contributed by atoms with Crippen LogP contribution >= 0.6 is 0 Å². The Morgan fingerprint density at radius 2 is 2.24 bits per heavy atom. The van der Waals surface area contributed by atoms with Gasteiger partial charge in [-0.15, -0.1) is 0 Å². The van der Waals surface area contributed by atoms with E-state index in [-0.39, 0.29) is 6.61 Å². The first-order valence-corrected chi connectivity index (χ1v) is 7.74. The fourth-order valence-corrected chi connectivity index (χ4v) is 2.98. The molecule has 2 fully saturated rings. The quantitative estimate of drug-likeness (QED) is 0.768. The molecule has 2 aliphatic carbocycles. The molecule has 2 saturated carbocycles. The number of benzene rings is 1. The first kappa shape index (κ1) is 14.4. The van der Waals surface area contributed by atoms with Crippen molar-refractivity contribution in [1.82, 2.24) is 5.32 Å². The molecule has 0 spiro atoms. The molecule has 1 aromatic rings. The van der Waals surface area contributed by atoms with E-state index in [1.165, 1.54) is 25.7 Å². The van der Waals surface area contributed by atoms with E-state index in [9.17, 15) is 5.11 Å². The standard InChI is InChI=1S/C17H22N2O2/c18-9-13-2-1-3-16(8-13)21-11-15(20)10-19-12-17(6-7-17)14-4-5-14/h1-3,8,14-15,19-20H,4-7,10-12H2. The van der Waals surface area contributed by atoms with Crippen LogP contribution in [0.1, 0.15) is 31.2 Å². The van der Waals surface area contributed by atoms with Crippen molar-refractivity contribution in [2.24, 2.45) is 11.3 Å². The zero-order valence-electron chi connectivity index (χ0n) is 12.2. The van der Waals surface area contributed by atoms with Crippen LogP contribution in [0.3, 0.4) is 0 Å². The smallest absolute Gasteiger partial charge is 0.120 e. The molecule has 1 aromatic carbocycles.